The van der Waals surface area contributed by atoms with Gasteiger partial charge in [-0.05, 0) is 36.8 Å². The van der Waals surface area contributed by atoms with Gasteiger partial charge in [-0.15, -0.1) is 0 Å². The largest absolute Gasteiger partial charge is 0.347 e. The summed E-state index contributed by atoms with van der Waals surface area (Å²) in [4.78, 5) is 24.8. The third-order valence-corrected chi connectivity index (χ3v) is 4.18. The first-order chi connectivity index (χ1) is 9.29. The molecule has 1 aromatic carbocycles. The lowest BCUT2D eigenvalue weighted by Crippen LogP contribution is -2.43. The normalized spacial score (nSPS) is 25.2. The van der Waals surface area contributed by atoms with E-state index in [1.54, 1.807) is 4.90 Å². The van der Waals surface area contributed by atoms with Crippen molar-refractivity contribution in [3.8, 4) is 0 Å². The summed E-state index contributed by atoms with van der Waals surface area (Å²) in [6.45, 7) is 0.697. The molecule has 1 aliphatic carbocycles. The van der Waals surface area contributed by atoms with Crippen molar-refractivity contribution in [2.45, 2.75) is 37.8 Å². The molecule has 1 aromatic rings. The fourth-order valence-corrected chi connectivity index (χ4v) is 3.17. The monoisotopic (exact) mass is 258 g/mol. The fraction of sp³-hybridized carbons (Fsp3) is 0.467. The minimum absolute atomic E-state index is 0.00805. The van der Waals surface area contributed by atoms with Crippen LogP contribution in [-0.2, 0) is 16.0 Å². The molecule has 1 aliphatic heterocycles. The number of carbonyl (C=O) groups is 2. The molecule has 0 saturated carbocycles. The van der Waals surface area contributed by atoms with Crippen molar-refractivity contribution in [3.63, 3.8) is 0 Å². The van der Waals surface area contributed by atoms with Crippen molar-refractivity contribution in [3.05, 3.63) is 35.4 Å². The van der Waals surface area contributed by atoms with Crippen molar-refractivity contribution in [1.29, 1.82) is 0 Å². The van der Waals surface area contributed by atoms with E-state index >= 15 is 0 Å². The predicted octanol–water partition coefficient (Wildman–Crippen LogP) is 1.41. The quantitative estimate of drug-likeness (QED) is 0.833. The zero-order chi connectivity index (χ0) is 13.2. The van der Waals surface area contributed by atoms with Crippen molar-refractivity contribution < 1.29 is 9.59 Å². The highest BCUT2D eigenvalue weighted by molar-refractivity contribution is 5.84. The molecule has 3 rings (SSSR count). The number of amides is 2. The second kappa shape index (κ2) is 5.03. The summed E-state index contributed by atoms with van der Waals surface area (Å²) in [5.41, 5.74) is 2.55. The second-order valence-electron chi connectivity index (χ2n) is 5.30. The molecule has 0 spiro atoms. The molecule has 0 radical (unpaired) electrons. The van der Waals surface area contributed by atoms with Crippen LogP contribution in [0.4, 0.5) is 0 Å². The van der Waals surface area contributed by atoms with Crippen molar-refractivity contribution >= 4 is 12.3 Å². The highest BCUT2D eigenvalue weighted by Crippen LogP contribution is 2.31. The number of fused-ring (bicyclic) bond motifs is 1. The molecule has 1 heterocycles. The minimum Gasteiger partial charge on any atom is -0.347 e. The van der Waals surface area contributed by atoms with E-state index < -0.39 is 0 Å². The average molecular weight is 258 g/mol. The molecule has 2 aliphatic rings. The number of carbonyl (C=O) groups excluding carboxylic acids is 2. The van der Waals surface area contributed by atoms with Crippen LogP contribution in [0.2, 0.25) is 0 Å². The van der Waals surface area contributed by atoms with Gasteiger partial charge in [0.05, 0.1) is 6.04 Å². The maximum absolute atomic E-state index is 12.3. The number of hydrogen-bond acceptors (Lipinski definition) is 2. The van der Waals surface area contributed by atoms with E-state index in [1.165, 1.54) is 11.1 Å². The van der Waals surface area contributed by atoms with Crippen LogP contribution in [-0.4, -0.2) is 29.8 Å². The van der Waals surface area contributed by atoms with E-state index in [1.807, 2.05) is 12.1 Å². The molecule has 4 heteroatoms. The molecule has 1 fully saturated rings. The Balaban J connectivity index is 1.69. The third-order valence-electron chi connectivity index (χ3n) is 4.18. The third kappa shape index (κ3) is 2.23. The Kier molecular flexibility index (Phi) is 3.23. The zero-order valence-electron chi connectivity index (χ0n) is 10.8. The zero-order valence-corrected chi connectivity index (χ0v) is 10.8. The predicted molar refractivity (Wildman–Crippen MR) is 71.4 cm³/mol. The molecular weight excluding hydrogens is 240 g/mol. The Bertz CT molecular complexity index is 501. The molecule has 0 aromatic heterocycles. The smallest absolute Gasteiger partial charge is 0.243 e. The van der Waals surface area contributed by atoms with Crippen molar-refractivity contribution in [2.24, 2.45) is 0 Å². The molecule has 2 atom stereocenters. The Morgan fingerprint density at radius 3 is 3.00 bits per heavy atom. The summed E-state index contributed by atoms with van der Waals surface area (Å²) in [6, 6.07) is 8.09. The molecule has 4 nitrogen and oxygen atoms in total. The van der Waals surface area contributed by atoms with Gasteiger partial charge in [0.15, 0.2) is 0 Å². The second-order valence-corrected chi connectivity index (χ2v) is 5.30. The van der Waals surface area contributed by atoms with E-state index in [0.29, 0.717) is 6.54 Å². The van der Waals surface area contributed by atoms with Gasteiger partial charge in [-0.2, -0.15) is 0 Å². The number of nitrogens with zero attached hydrogens (tertiary/aromatic N) is 1. The van der Waals surface area contributed by atoms with E-state index in [9.17, 15) is 9.59 Å². The lowest BCUT2D eigenvalue weighted by molar-refractivity contribution is -0.131. The van der Waals surface area contributed by atoms with Crippen LogP contribution in [0.25, 0.3) is 0 Å². The topological polar surface area (TPSA) is 49.4 Å². The van der Waals surface area contributed by atoms with Crippen LogP contribution in [0.15, 0.2) is 24.3 Å². The molecule has 1 N–H and O–H groups in total. The fourth-order valence-electron chi connectivity index (χ4n) is 3.17. The molecule has 100 valence electrons. The number of likely N-dealkylation sites (tertiary alicyclic amines) is 1. The van der Waals surface area contributed by atoms with Crippen molar-refractivity contribution in [2.75, 3.05) is 6.54 Å². The Morgan fingerprint density at radius 2 is 2.16 bits per heavy atom. The number of hydrogen-bond donors (Lipinski definition) is 1. The van der Waals surface area contributed by atoms with Gasteiger partial charge < -0.3 is 10.2 Å². The van der Waals surface area contributed by atoms with Gasteiger partial charge in [0.1, 0.15) is 6.04 Å². The van der Waals surface area contributed by atoms with Crippen LogP contribution in [0.1, 0.15) is 36.4 Å². The molecular formula is C15H18N2O2. The van der Waals surface area contributed by atoms with Gasteiger partial charge in [0.25, 0.3) is 0 Å². The number of rotatable bonds is 3. The lowest BCUT2D eigenvalue weighted by Gasteiger charge is -2.22. The van der Waals surface area contributed by atoms with Crippen LogP contribution >= 0.6 is 0 Å². The summed E-state index contributed by atoms with van der Waals surface area (Å²) in [5.74, 6) is -0.00805. The molecule has 1 saturated heterocycles. The molecule has 0 bridgehead atoms. The first-order valence-corrected chi connectivity index (χ1v) is 6.89. The lowest BCUT2D eigenvalue weighted by atomic mass is 10.1. The number of benzene rings is 1. The highest BCUT2D eigenvalue weighted by Gasteiger charge is 2.32. The molecule has 19 heavy (non-hydrogen) atoms. The first-order valence-electron chi connectivity index (χ1n) is 6.89. The van der Waals surface area contributed by atoms with E-state index in [0.717, 1.165) is 32.1 Å². The van der Waals surface area contributed by atoms with Gasteiger partial charge >= 0.3 is 0 Å². The van der Waals surface area contributed by atoms with E-state index in [4.69, 9.17) is 0 Å². The van der Waals surface area contributed by atoms with Gasteiger partial charge in [0.2, 0.25) is 12.3 Å². The SMILES string of the molecule is O=CN1CCC[C@H]1C(=O)NC1CCc2ccccc21. The summed E-state index contributed by atoms with van der Waals surface area (Å²) >= 11 is 0. The van der Waals surface area contributed by atoms with Gasteiger partial charge in [-0.1, -0.05) is 24.3 Å². The maximum atomic E-state index is 12.3. The number of aryl methyl sites for hydroxylation is 1. The summed E-state index contributed by atoms with van der Waals surface area (Å²) in [7, 11) is 0. The average Bonchev–Trinajstić information content (AvgIpc) is 3.05. The highest BCUT2D eigenvalue weighted by atomic mass is 16.2. The van der Waals surface area contributed by atoms with Crippen LogP contribution in [0.3, 0.4) is 0 Å². The van der Waals surface area contributed by atoms with Gasteiger partial charge in [-0.25, -0.2) is 0 Å². The standard InChI is InChI=1S/C15H18N2O2/c18-10-17-9-3-6-14(17)15(19)16-13-8-7-11-4-1-2-5-12(11)13/h1-2,4-5,10,13-14H,3,6-9H2,(H,16,19)/t13?,14-/m0/s1. The minimum atomic E-state index is -0.273. The van der Waals surface area contributed by atoms with E-state index in [-0.39, 0.29) is 18.0 Å². The summed E-state index contributed by atoms with van der Waals surface area (Å²) in [6.07, 6.45) is 4.46. The number of nitrogens with one attached hydrogen (secondary N) is 1. The first kappa shape index (κ1) is 12.2. The van der Waals surface area contributed by atoms with Crippen LogP contribution < -0.4 is 5.32 Å². The summed E-state index contributed by atoms with van der Waals surface area (Å²) in [5, 5.41) is 3.10. The van der Waals surface area contributed by atoms with Crippen LogP contribution in [0, 0.1) is 0 Å². The Labute approximate surface area is 112 Å². The Hall–Kier alpha value is -1.84. The van der Waals surface area contributed by atoms with Gasteiger partial charge in [0, 0.05) is 6.54 Å². The summed E-state index contributed by atoms with van der Waals surface area (Å²) < 4.78 is 0. The van der Waals surface area contributed by atoms with Crippen LogP contribution in [0.5, 0.6) is 0 Å². The van der Waals surface area contributed by atoms with E-state index in [2.05, 4.69) is 17.4 Å². The van der Waals surface area contributed by atoms with Crippen molar-refractivity contribution in [1.82, 2.24) is 10.2 Å². The Morgan fingerprint density at radius 1 is 1.32 bits per heavy atom. The van der Waals surface area contributed by atoms with Gasteiger partial charge in [-0.3, -0.25) is 9.59 Å². The molecule has 1 unspecified atom stereocenters. The molecule has 2 amide bonds. The maximum Gasteiger partial charge on any atom is 0.243 e.